The van der Waals surface area contributed by atoms with Crippen LogP contribution in [0, 0.1) is 13.8 Å². The number of hydrogen-bond acceptors (Lipinski definition) is 2. The standard InChI is InChI=1S/C16H24O2S.K/c1-11(2)13-9-8-10-14(15(13)16(5,6)7)19(17,18)12(3)4;/h8-12H,3-4H2,1-2,5-7H3;/q-2;+1. The molecule has 2 nitrogen and oxygen atoms in total. The first-order chi connectivity index (χ1) is 8.49. The maximum atomic E-state index is 12.4. The molecule has 0 spiro atoms. The van der Waals surface area contributed by atoms with Crippen molar-refractivity contribution in [2.24, 2.45) is 0 Å². The zero-order valence-corrected chi connectivity index (χ0v) is 17.5. The molecular weight excluding hydrogens is 295 g/mol. The van der Waals surface area contributed by atoms with Crippen LogP contribution in [0.5, 0.6) is 0 Å². The molecule has 4 heteroatoms. The van der Waals surface area contributed by atoms with Gasteiger partial charge in [0, 0.05) is 0 Å². The first-order valence-corrected chi connectivity index (χ1v) is 8.07. The Bertz CT molecular complexity index is 552. The maximum Gasteiger partial charge on any atom is 1.00 e. The van der Waals surface area contributed by atoms with E-state index in [1.165, 1.54) is 0 Å². The van der Waals surface area contributed by atoms with Gasteiger partial charge in [-0.05, 0) is 28.5 Å². The number of rotatable bonds is 3. The molecule has 1 rings (SSSR count). The molecule has 20 heavy (non-hydrogen) atoms. The molecule has 0 atom stereocenters. The smallest absolute Gasteiger partial charge is 0.355 e. The largest absolute Gasteiger partial charge is 1.00 e. The average Bonchev–Trinajstić information content (AvgIpc) is 2.26. The van der Waals surface area contributed by atoms with Crippen molar-refractivity contribution in [3.63, 3.8) is 0 Å². The van der Waals surface area contributed by atoms with Crippen molar-refractivity contribution in [3.8, 4) is 0 Å². The van der Waals surface area contributed by atoms with Crippen molar-refractivity contribution in [1.82, 2.24) is 0 Å². The molecule has 0 unspecified atom stereocenters. The summed E-state index contributed by atoms with van der Waals surface area (Å²) in [5.74, 6) is 0.275. The van der Waals surface area contributed by atoms with E-state index in [0.29, 0.717) is 4.90 Å². The van der Waals surface area contributed by atoms with Crippen LogP contribution in [0.2, 0.25) is 0 Å². The molecule has 0 aromatic heterocycles. The van der Waals surface area contributed by atoms with Crippen LogP contribution in [0.15, 0.2) is 23.1 Å². The molecule has 0 bridgehead atoms. The fraction of sp³-hybridized carbons (Fsp3) is 0.500. The number of hydrogen-bond donors (Lipinski definition) is 0. The van der Waals surface area contributed by atoms with Crippen molar-refractivity contribution < 1.29 is 59.8 Å². The Morgan fingerprint density at radius 3 is 1.95 bits per heavy atom. The maximum absolute atomic E-state index is 12.4. The van der Waals surface area contributed by atoms with Gasteiger partial charge in [0.05, 0.1) is 4.90 Å². The van der Waals surface area contributed by atoms with Crippen LogP contribution < -0.4 is 51.4 Å². The molecule has 0 aliphatic heterocycles. The van der Waals surface area contributed by atoms with Gasteiger partial charge in [0.2, 0.25) is 0 Å². The molecule has 0 radical (unpaired) electrons. The topological polar surface area (TPSA) is 34.1 Å². The quantitative estimate of drug-likeness (QED) is 0.613. The zero-order chi connectivity index (χ0) is 15.0. The third-order valence-electron chi connectivity index (χ3n) is 3.18. The summed E-state index contributed by atoms with van der Waals surface area (Å²) < 4.78 is 24.9. The van der Waals surface area contributed by atoms with E-state index in [0.717, 1.165) is 11.1 Å². The van der Waals surface area contributed by atoms with Crippen molar-refractivity contribution in [3.05, 3.63) is 43.2 Å². The predicted molar refractivity (Wildman–Crippen MR) is 80.9 cm³/mol. The molecule has 0 heterocycles. The summed E-state index contributed by atoms with van der Waals surface area (Å²) in [7, 11) is -3.47. The van der Waals surface area contributed by atoms with E-state index in [2.05, 4.69) is 27.7 Å². The summed E-state index contributed by atoms with van der Waals surface area (Å²) in [4.78, 5) is 0.376. The Hall–Kier alpha value is 0.806. The summed E-state index contributed by atoms with van der Waals surface area (Å²) in [5.41, 5.74) is 1.73. The van der Waals surface area contributed by atoms with E-state index < -0.39 is 15.1 Å². The van der Waals surface area contributed by atoms with Crippen LogP contribution in [0.25, 0.3) is 0 Å². The van der Waals surface area contributed by atoms with E-state index >= 15 is 0 Å². The Kier molecular flexibility index (Phi) is 7.68. The Labute approximate surface area is 167 Å². The minimum absolute atomic E-state index is 0. The van der Waals surface area contributed by atoms with Crippen LogP contribution in [-0.2, 0) is 15.3 Å². The van der Waals surface area contributed by atoms with Crippen LogP contribution in [0.3, 0.4) is 0 Å². The van der Waals surface area contributed by atoms with Crippen molar-refractivity contribution >= 4 is 9.84 Å². The Morgan fingerprint density at radius 1 is 1.10 bits per heavy atom. The molecule has 108 valence electrons. The second-order valence-electron chi connectivity index (χ2n) is 6.29. The molecule has 0 fully saturated rings. The molecule has 0 amide bonds. The molecule has 1 aromatic rings. The van der Waals surface area contributed by atoms with Gasteiger partial charge in [-0.1, -0.05) is 46.8 Å². The minimum atomic E-state index is -3.47. The molecule has 1 aromatic carbocycles. The van der Waals surface area contributed by atoms with Gasteiger partial charge in [-0.15, -0.1) is 0 Å². The van der Waals surface area contributed by atoms with Crippen molar-refractivity contribution in [2.45, 2.75) is 56.1 Å². The first-order valence-electron chi connectivity index (χ1n) is 6.53. The SMILES string of the molecule is [CH2-]C([CH2-])S(=O)(=O)c1cccc(C(C)C)c1C(C)(C)C.[K+]. The number of sulfone groups is 1. The minimum Gasteiger partial charge on any atom is -0.355 e. The summed E-state index contributed by atoms with van der Waals surface area (Å²) >= 11 is 0. The molecule has 0 N–H and O–H groups in total. The summed E-state index contributed by atoms with van der Waals surface area (Å²) in [5, 5.41) is -0.893. The van der Waals surface area contributed by atoms with Gasteiger partial charge in [-0.3, -0.25) is 0 Å². The van der Waals surface area contributed by atoms with Crippen LogP contribution in [0.1, 0.15) is 51.7 Å². The van der Waals surface area contributed by atoms with Gasteiger partial charge in [0.1, 0.15) is 9.84 Å². The van der Waals surface area contributed by atoms with Crippen LogP contribution >= 0.6 is 0 Å². The molecule has 0 saturated carbocycles. The van der Waals surface area contributed by atoms with Crippen molar-refractivity contribution in [2.75, 3.05) is 0 Å². The fourth-order valence-corrected chi connectivity index (χ4v) is 3.58. The van der Waals surface area contributed by atoms with E-state index in [1.54, 1.807) is 12.1 Å². The van der Waals surface area contributed by atoms with Gasteiger partial charge in [0.25, 0.3) is 0 Å². The average molecular weight is 320 g/mol. The molecule has 0 saturated heterocycles. The first kappa shape index (κ1) is 20.8. The summed E-state index contributed by atoms with van der Waals surface area (Å²) in [6, 6.07) is 5.48. The molecule has 0 aliphatic rings. The summed E-state index contributed by atoms with van der Waals surface area (Å²) in [6.45, 7) is 17.4. The van der Waals surface area contributed by atoms with Gasteiger partial charge in [-0.25, -0.2) is 8.42 Å². The van der Waals surface area contributed by atoms with Gasteiger partial charge in [-0.2, -0.15) is 5.25 Å². The second-order valence-corrected chi connectivity index (χ2v) is 8.49. The van der Waals surface area contributed by atoms with Gasteiger partial charge >= 0.3 is 51.4 Å². The normalized spacial score (nSPS) is 12.7. The van der Waals surface area contributed by atoms with E-state index in [9.17, 15) is 8.42 Å². The second kappa shape index (κ2) is 7.38. The van der Waals surface area contributed by atoms with Crippen LogP contribution in [-0.4, -0.2) is 13.7 Å². The third-order valence-corrected chi connectivity index (χ3v) is 5.01. The predicted octanol–water partition coefficient (Wildman–Crippen LogP) is 0.922. The van der Waals surface area contributed by atoms with E-state index in [-0.39, 0.29) is 62.7 Å². The molecule has 0 aliphatic carbocycles. The van der Waals surface area contributed by atoms with Crippen LogP contribution in [0.4, 0.5) is 0 Å². The zero-order valence-electron chi connectivity index (χ0n) is 13.5. The van der Waals surface area contributed by atoms with E-state index in [4.69, 9.17) is 0 Å². The fourth-order valence-electron chi connectivity index (χ4n) is 2.25. The number of benzene rings is 1. The molecular formula is C16H24KO2S-. The van der Waals surface area contributed by atoms with Gasteiger partial charge in [0.15, 0.2) is 0 Å². The van der Waals surface area contributed by atoms with E-state index in [1.807, 2.05) is 26.8 Å². The monoisotopic (exact) mass is 319 g/mol. The van der Waals surface area contributed by atoms with Crippen molar-refractivity contribution in [1.29, 1.82) is 0 Å². The Morgan fingerprint density at radius 2 is 1.60 bits per heavy atom. The third kappa shape index (κ3) is 4.40. The van der Waals surface area contributed by atoms with Gasteiger partial charge < -0.3 is 13.8 Å². The Balaban J connectivity index is 0.00000361. The summed E-state index contributed by atoms with van der Waals surface area (Å²) in [6.07, 6.45) is 0.